The molecule has 0 radical (unpaired) electrons. The van der Waals surface area contributed by atoms with E-state index in [-0.39, 0.29) is 5.57 Å². The van der Waals surface area contributed by atoms with E-state index >= 15 is 0 Å². The van der Waals surface area contributed by atoms with Crippen LogP contribution in [0, 0.1) is 11.3 Å². The number of carbonyl (C=O) groups is 2. The SMILES string of the molecule is CC1=C(C#N)C(=O)N(C(C)c2ccccc2)C(=O)/C1=C/c1cn(-c2ccccc2)nc1-c1ccc2ccccc2c1. The van der Waals surface area contributed by atoms with Crippen molar-refractivity contribution in [2.75, 3.05) is 0 Å². The Morgan fingerprint density at radius 2 is 1.49 bits per heavy atom. The Kier molecular flexibility index (Phi) is 6.62. The van der Waals surface area contributed by atoms with Crippen molar-refractivity contribution in [2.24, 2.45) is 0 Å². The molecule has 6 nitrogen and oxygen atoms in total. The molecule has 0 saturated heterocycles. The zero-order valence-corrected chi connectivity index (χ0v) is 22.7. The Balaban J connectivity index is 1.53. The molecule has 2 heterocycles. The lowest BCUT2D eigenvalue weighted by molar-refractivity contribution is -0.143. The number of hydrogen-bond acceptors (Lipinski definition) is 4. The number of benzene rings is 4. The molecule has 4 aromatic carbocycles. The number of rotatable bonds is 5. The molecule has 1 unspecified atom stereocenters. The summed E-state index contributed by atoms with van der Waals surface area (Å²) in [5.74, 6) is -1.03. The number of para-hydroxylation sites is 1. The van der Waals surface area contributed by atoms with Crippen LogP contribution < -0.4 is 0 Å². The molecule has 6 heteroatoms. The summed E-state index contributed by atoms with van der Waals surface area (Å²) >= 11 is 0. The van der Waals surface area contributed by atoms with Crippen LogP contribution in [0.4, 0.5) is 0 Å². The van der Waals surface area contributed by atoms with Gasteiger partial charge in [0.1, 0.15) is 11.6 Å². The minimum atomic E-state index is -0.585. The highest BCUT2D eigenvalue weighted by molar-refractivity contribution is 6.20. The zero-order valence-electron chi connectivity index (χ0n) is 22.7. The van der Waals surface area contributed by atoms with Gasteiger partial charge < -0.3 is 0 Å². The number of nitriles is 1. The lowest BCUT2D eigenvalue weighted by Gasteiger charge is -2.32. The van der Waals surface area contributed by atoms with Crippen LogP contribution in [0.15, 0.2) is 126 Å². The minimum absolute atomic E-state index is 0.0404. The molecular weight excluding hydrogens is 508 g/mol. The average Bonchev–Trinajstić information content (AvgIpc) is 3.44. The fraction of sp³-hybridized carbons (Fsp3) is 0.0857. The third kappa shape index (κ3) is 4.64. The fourth-order valence-electron chi connectivity index (χ4n) is 5.25. The molecule has 6 rings (SSSR count). The molecule has 1 aromatic heterocycles. The van der Waals surface area contributed by atoms with Crippen molar-refractivity contribution in [3.63, 3.8) is 0 Å². The zero-order chi connectivity index (χ0) is 28.5. The minimum Gasteiger partial charge on any atom is -0.269 e. The van der Waals surface area contributed by atoms with Gasteiger partial charge in [-0.1, -0.05) is 84.9 Å². The molecule has 0 fully saturated rings. The standard InChI is InChI=1S/C35H26N4O2/c1-23-31(34(40)39(35(41)32(23)21-36)24(2)25-11-5-3-6-12-25)20-29-22-38(30-15-7-4-8-16-30)37-33(29)28-18-17-26-13-9-10-14-27(26)19-28/h3-20,22,24H,1-2H3/b31-20+. The first-order chi connectivity index (χ1) is 20.0. The van der Waals surface area contributed by atoms with Gasteiger partial charge in [-0.2, -0.15) is 10.4 Å². The quantitative estimate of drug-likeness (QED) is 0.179. The van der Waals surface area contributed by atoms with Crippen molar-refractivity contribution in [3.05, 3.63) is 137 Å². The summed E-state index contributed by atoms with van der Waals surface area (Å²) in [4.78, 5) is 28.6. The summed E-state index contributed by atoms with van der Waals surface area (Å²) in [5.41, 5.74) is 4.56. The third-order valence-corrected chi connectivity index (χ3v) is 7.53. The smallest absolute Gasteiger partial charge is 0.269 e. The van der Waals surface area contributed by atoms with Crippen LogP contribution in [0.1, 0.15) is 31.0 Å². The third-order valence-electron chi connectivity index (χ3n) is 7.53. The second-order valence-corrected chi connectivity index (χ2v) is 10.0. The van der Waals surface area contributed by atoms with Gasteiger partial charge in [-0.3, -0.25) is 14.5 Å². The summed E-state index contributed by atoms with van der Waals surface area (Å²) in [5, 5.41) is 17.1. The Hall–Kier alpha value is -5.54. The van der Waals surface area contributed by atoms with E-state index in [1.54, 1.807) is 24.6 Å². The van der Waals surface area contributed by atoms with Crippen LogP contribution in [0.2, 0.25) is 0 Å². The monoisotopic (exact) mass is 534 g/mol. The van der Waals surface area contributed by atoms with Gasteiger partial charge in [0.15, 0.2) is 0 Å². The number of fused-ring (bicyclic) bond motifs is 1. The number of hydrogen-bond donors (Lipinski definition) is 0. The van der Waals surface area contributed by atoms with Crippen LogP contribution >= 0.6 is 0 Å². The van der Waals surface area contributed by atoms with Gasteiger partial charge >= 0.3 is 0 Å². The molecule has 0 bridgehead atoms. The number of aromatic nitrogens is 2. The van der Waals surface area contributed by atoms with Crippen LogP contribution in [0.5, 0.6) is 0 Å². The van der Waals surface area contributed by atoms with Gasteiger partial charge in [0, 0.05) is 22.9 Å². The summed E-state index contributed by atoms with van der Waals surface area (Å²) in [6.45, 7) is 3.45. The molecule has 0 N–H and O–H groups in total. The Labute approximate surface area is 238 Å². The highest BCUT2D eigenvalue weighted by Gasteiger charge is 2.38. The molecule has 5 aromatic rings. The number of nitrogens with zero attached hydrogens (tertiary/aromatic N) is 4. The molecule has 0 spiro atoms. The van der Waals surface area contributed by atoms with E-state index in [0.29, 0.717) is 22.4 Å². The topological polar surface area (TPSA) is 79.0 Å². The maximum atomic E-state index is 14.0. The average molecular weight is 535 g/mol. The summed E-state index contributed by atoms with van der Waals surface area (Å²) < 4.78 is 1.78. The molecule has 41 heavy (non-hydrogen) atoms. The van der Waals surface area contributed by atoms with Gasteiger partial charge in [0.05, 0.1) is 17.4 Å². The van der Waals surface area contributed by atoms with E-state index in [0.717, 1.165) is 27.6 Å². The maximum absolute atomic E-state index is 14.0. The van der Waals surface area contributed by atoms with Crippen molar-refractivity contribution < 1.29 is 9.59 Å². The number of amides is 2. The summed E-state index contributed by atoms with van der Waals surface area (Å²) in [7, 11) is 0. The van der Waals surface area contributed by atoms with Crippen molar-refractivity contribution in [1.82, 2.24) is 14.7 Å². The molecular formula is C35H26N4O2. The second-order valence-electron chi connectivity index (χ2n) is 10.0. The maximum Gasteiger partial charge on any atom is 0.272 e. The van der Waals surface area contributed by atoms with Gasteiger partial charge in [-0.15, -0.1) is 0 Å². The molecule has 1 aliphatic heterocycles. The van der Waals surface area contributed by atoms with E-state index < -0.39 is 17.9 Å². The molecule has 1 atom stereocenters. The predicted octanol–water partition coefficient (Wildman–Crippen LogP) is 7.05. The Bertz CT molecular complexity index is 1910. The van der Waals surface area contributed by atoms with Crippen molar-refractivity contribution in [1.29, 1.82) is 5.26 Å². The molecule has 2 amide bonds. The molecule has 198 valence electrons. The first kappa shape index (κ1) is 25.7. The normalized spacial score (nSPS) is 15.4. The highest BCUT2D eigenvalue weighted by atomic mass is 16.2. The van der Waals surface area contributed by atoms with E-state index in [1.165, 1.54) is 4.90 Å². The van der Waals surface area contributed by atoms with Crippen molar-refractivity contribution in [3.8, 4) is 23.0 Å². The van der Waals surface area contributed by atoms with Crippen LogP contribution in [0.3, 0.4) is 0 Å². The second kappa shape index (κ2) is 10.6. The molecule has 0 aliphatic carbocycles. The highest BCUT2D eigenvalue weighted by Crippen LogP contribution is 2.35. The number of carbonyl (C=O) groups excluding carboxylic acids is 2. The number of imide groups is 1. The predicted molar refractivity (Wildman–Crippen MR) is 160 cm³/mol. The molecule has 0 saturated carbocycles. The largest absolute Gasteiger partial charge is 0.272 e. The van der Waals surface area contributed by atoms with E-state index in [9.17, 15) is 14.9 Å². The van der Waals surface area contributed by atoms with Crippen LogP contribution in [-0.2, 0) is 9.59 Å². The summed E-state index contributed by atoms with van der Waals surface area (Å²) in [6, 6.07) is 34.8. The van der Waals surface area contributed by atoms with Gasteiger partial charge in [-0.05, 0) is 60.0 Å². The first-order valence-electron chi connectivity index (χ1n) is 13.4. The van der Waals surface area contributed by atoms with Crippen LogP contribution in [0.25, 0.3) is 33.8 Å². The van der Waals surface area contributed by atoms with Crippen molar-refractivity contribution in [2.45, 2.75) is 19.9 Å². The first-order valence-corrected chi connectivity index (χ1v) is 13.4. The Morgan fingerprint density at radius 3 is 2.20 bits per heavy atom. The van der Waals surface area contributed by atoms with Crippen molar-refractivity contribution >= 4 is 28.7 Å². The fourth-order valence-corrected chi connectivity index (χ4v) is 5.25. The lowest BCUT2D eigenvalue weighted by atomic mass is 9.91. The van der Waals surface area contributed by atoms with Crippen LogP contribution in [-0.4, -0.2) is 26.5 Å². The Morgan fingerprint density at radius 1 is 0.829 bits per heavy atom. The van der Waals surface area contributed by atoms with E-state index in [2.05, 4.69) is 24.3 Å². The lowest BCUT2D eigenvalue weighted by Crippen LogP contribution is -2.44. The van der Waals surface area contributed by atoms with Gasteiger partial charge in [0.25, 0.3) is 11.8 Å². The van der Waals surface area contributed by atoms with E-state index in [1.807, 2.05) is 91.1 Å². The van der Waals surface area contributed by atoms with E-state index in [4.69, 9.17) is 5.10 Å². The molecule has 1 aliphatic rings. The van der Waals surface area contributed by atoms with Gasteiger partial charge in [-0.25, -0.2) is 4.68 Å². The summed E-state index contributed by atoms with van der Waals surface area (Å²) in [6.07, 6.45) is 3.63. The van der Waals surface area contributed by atoms with Gasteiger partial charge in [0.2, 0.25) is 0 Å².